The second kappa shape index (κ2) is 5.08. The Hall–Kier alpha value is -2.16. The number of hydrogen-bond donors (Lipinski definition) is 1. The summed E-state index contributed by atoms with van der Waals surface area (Å²) < 4.78 is 8.61. The number of fused-ring (bicyclic) bond motifs is 1. The number of aryl methyl sites for hydroxylation is 1. The van der Waals surface area contributed by atoms with Gasteiger partial charge in [0.05, 0.1) is 6.61 Å². The summed E-state index contributed by atoms with van der Waals surface area (Å²) in [5, 5.41) is 0. The van der Waals surface area contributed by atoms with Crippen molar-refractivity contribution in [3.05, 3.63) is 25.6 Å². The van der Waals surface area contributed by atoms with Gasteiger partial charge in [-0.2, -0.15) is 0 Å². The molecule has 2 aromatic heterocycles. The van der Waals surface area contributed by atoms with Crippen LogP contribution in [-0.4, -0.2) is 31.3 Å². The van der Waals surface area contributed by atoms with Gasteiger partial charge in [0, 0.05) is 14.1 Å². The Morgan fingerprint density at radius 2 is 1.95 bits per heavy atom. The first-order valence-corrected chi connectivity index (χ1v) is 6.33. The van der Waals surface area contributed by atoms with E-state index in [1.54, 1.807) is 6.92 Å². The van der Waals surface area contributed by atoms with Crippen LogP contribution in [-0.2, 0) is 30.2 Å². The number of nitrogens with zero attached hydrogens (tertiary/aromatic N) is 3. The lowest BCUT2D eigenvalue weighted by Crippen LogP contribution is -2.37. The minimum atomic E-state index is -0.514. The maximum absolute atomic E-state index is 12.2. The molecule has 0 atom stereocenters. The van der Waals surface area contributed by atoms with Crippen molar-refractivity contribution in [1.82, 2.24) is 18.7 Å². The molecule has 20 heavy (non-hydrogen) atoms. The zero-order valence-corrected chi connectivity index (χ0v) is 12.1. The van der Waals surface area contributed by atoms with Crippen LogP contribution in [0, 0.1) is 4.77 Å². The van der Waals surface area contributed by atoms with Crippen LogP contribution in [0.15, 0.2) is 9.59 Å². The van der Waals surface area contributed by atoms with Gasteiger partial charge in [-0.15, -0.1) is 0 Å². The lowest BCUT2D eigenvalue weighted by molar-refractivity contribution is -0.143. The van der Waals surface area contributed by atoms with Gasteiger partial charge in [0.15, 0.2) is 10.3 Å². The highest BCUT2D eigenvalue weighted by Gasteiger charge is 2.17. The molecule has 0 unspecified atom stereocenters. The normalized spacial score (nSPS) is 10.9. The van der Waals surface area contributed by atoms with Crippen LogP contribution in [0.5, 0.6) is 0 Å². The second-order valence-electron chi connectivity index (χ2n) is 4.22. The number of carbonyl (C=O) groups is 1. The molecule has 9 heteroatoms. The van der Waals surface area contributed by atoms with Gasteiger partial charge in [-0.1, -0.05) is 0 Å². The molecule has 0 bridgehead atoms. The van der Waals surface area contributed by atoms with E-state index < -0.39 is 17.2 Å². The molecule has 1 N–H and O–H groups in total. The summed E-state index contributed by atoms with van der Waals surface area (Å²) in [6, 6.07) is 0. The Morgan fingerprint density at radius 1 is 1.30 bits per heavy atom. The monoisotopic (exact) mass is 298 g/mol. The highest BCUT2D eigenvalue weighted by atomic mass is 32.1. The average molecular weight is 298 g/mol. The highest BCUT2D eigenvalue weighted by Crippen LogP contribution is 2.07. The molecule has 0 aliphatic rings. The van der Waals surface area contributed by atoms with E-state index in [1.807, 2.05) is 0 Å². The van der Waals surface area contributed by atoms with Crippen LogP contribution in [0.25, 0.3) is 11.2 Å². The minimum Gasteiger partial charge on any atom is -0.465 e. The van der Waals surface area contributed by atoms with Gasteiger partial charge in [0.25, 0.3) is 5.56 Å². The van der Waals surface area contributed by atoms with E-state index in [0.717, 1.165) is 4.57 Å². The molecule has 2 aromatic rings. The highest BCUT2D eigenvalue weighted by molar-refractivity contribution is 7.71. The van der Waals surface area contributed by atoms with Crippen molar-refractivity contribution in [2.24, 2.45) is 14.1 Å². The standard InChI is InChI=1S/C11H14N4O4S/c1-4-19-6(16)5-15-7-8(12-10(15)20)13(2)11(18)14(3)9(7)17/h4-5H2,1-3H3,(H,12,20). The fourth-order valence-corrected chi connectivity index (χ4v) is 2.22. The number of aromatic amines is 1. The number of esters is 1. The quantitative estimate of drug-likeness (QED) is 0.618. The summed E-state index contributed by atoms with van der Waals surface area (Å²) >= 11 is 5.10. The molecule has 0 radical (unpaired) electrons. The van der Waals surface area contributed by atoms with Crippen LogP contribution in [0.1, 0.15) is 6.92 Å². The summed E-state index contributed by atoms with van der Waals surface area (Å²) in [5.74, 6) is -0.500. The van der Waals surface area contributed by atoms with E-state index in [4.69, 9.17) is 17.0 Å². The molecule has 2 rings (SSSR count). The van der Waals surface area contributed by atoms with Crippen LogP contribution in [0.3, 0.4) is 0 Å². The SMILES string of the molecule is CCOC(=O)Cn1c(=S)[nH]c2c1c(=O)n(C)c(=O)n2C. The van der Waals surface area contributed by atoms with E-state index in [1.165, 1.54) is 23.2 Å². The minimum absolute atomic E-state index is 0.174. The first-order valence-electron chi connectivity index (χ1n) is 5.92. The van der Waals surface area contributed by atoms with Gasteiger partial charge in [0.1, 0.15) is 12.2 Å². The van der Waals surface area contributed by atoms with Crippen LogP contribution in [0.4, 0.5) is 0 Å². The van der Waals surface area contributed by atoms with Crippen molar-refractivity contribution in [3.8, 4) is 0 Å². The fraction of sp³-hybridized carbons (Fsp3) is 0.455. The van der Waals surface area contributed by atoms with Gasteiger partial charge in [0.2, 0.25) is 0 Å². The van der Waals surface area contributed by atoms with Crippen molar-refractivity contribution < 1.29 is 9.53 Å². The molecule has 8 nitrogen and oxygen atoms in total. The Bertz CT molecular complexity index is 854. The van der Waals surface area contributed by atoms with Crippen molar-refractivity contribution in [2.45, 2.75) is 13.5 Å². The predicted octanol–water partition coefficient (Wildman–Crippen LogP) is -0.341. The molecule has 0 fully saturated rings. The van der Waals surface area contributed by atoms with E-state index in [2.05, 4.69) is 4.98 Å². The van der Waals surface area contributed by atoms with E-state index >= 15 is 0 Å². The number of aromatic nitrogens is 4. The maximum atomic E-state index is 12.2. The largest absolute Gasteiger partial charge is 0.465 e. The summed E-state index contributed by atoms with van der Waals surface area (Å²) in [5.41, 5.74) is -0.526. The summed E-state index contributed by atoms with van der Waals surface area (Å²) in [4.78, 5) is 38.3. The van der Waals surface area contributed by atoms with E-state index in [9.17, 15) is 14.4 Å². The molecule has 0 aliphatic carbocycles. The molecule has 0 spiro atoms. The van der Waals surface area contributed by atoms with Gasteiger partial charge >= 0.3 is 11.7 Å². The predicted molar refractivity (Wildman–Crippen MR) is 74.2 cm³/mol. The summed E-state index contributed by atoms with van der Waals surface area (Å²) in [6.45, 7) is 1.75. The molecule has 0 saturated carbocycles. The molecule has 0 aliphatic heterocycles. The fourth-order valence-electron chi connectivity index (χ4n) is 1.97. The number of H-pyrrole nitrogens is 1. The third-order valence-corrected chi connectivity index (χ3v) is 3.30. The Morgan fingerprint density at radius 3 is 2.55 bits per heavy atom. The Labute approximate surface area is 118 Å². The van der Waals surface area contributed by atoms with Crippen molar-refractivity contribution in [2.75, 3.05) is 6.61 Å². The molecular weight excluding hydrogens is 284 g/mol. The lowest BCUT2D eigenvalue weighted by Gasteiger charge is -2.06. The lowest BCUT2D eigenvalue weighted by atomic mass is 10.5. The number of ether oxygens (including phenoxy) is 1. The summed E-state index contributed by atoms with van der Waals surface area (Å²) in [7, 11) is 2.89. The van der Waals surface area contributed by atoms with Crippen LogP contribution in [0.2, 0.25) is 0 Å². The average Bonchev–Trinajstić information content (AvgIpc) is 2.72. The number of nitrogens with one attached hydrogen (secondary N) is 1. The number of hydrogen-bond acceptors (Lipinski definition) is 5. The van der Waals surface area contributed by atoms with Gasteiger partial charge < -0.3 is 9.72 Å². The first-order chi connectivity index (χ1) is 9.38. The Kier molecular flexibility index (Phi) is 3.62. The number of carbonyl (C=O) groups excluding carboxylic acids is 1. The van der Waals surface area contributed by atoms with Crippen molar-refractivity contribution in [1.29, 1.82) is 0 Å². The molecule has 2 heterocycles. The molecular formula is C11H14N4O4S. The molecule has 0 aromatic carbocycles. The van der Waals surface area contributed by atoms with Crippen LogP contribution < -0.4 is 11.2 Å². The molecule has 0 saturated heterocycles. The third kappa shape index (κ3) is 2.09. The molecule has 0 amide bonds. The molecule has 108 valence electrons. The zero-order valence-electron chi connectivity index (χ0n) is 11.3. The smallest absolute Gasteiger partial charge is 0.332 e. The first kappa shape index (κ1) is 14.3. The third-order valence-electron chi connectivity index (χ3n) is 2.97. The van der Waals surface area contributed by atoms with Crippen molar-refractivity contribution in [3.63, 3.8) is 0 Å². The van der Waals surface area contributed by atoms with Crippen molar-refractivity contribution >= 4 is 29.4 Å². The van der Waals surface area contributed by atoms with Crippen LogP contribution >= 0.6 is 12.2 Å². The number of rotatable bonds is 3. The topological polar surface area (TPSA) is 91.0 Å². The van der Waals surface area contributed by atoms with E-state index in [0.29, 0.717) is 0 Å². The van der Waals surface area contributed by atoms with E-state index in [-0.39, 0.29) is 29.1 Å². The maximum Gasteiger partial charge on any atom is 0.332 e. The van der Waals surface area contributed by atoms with Gasteiger partial charge in [-0.3, -0.25) is 23.3 Å². The second-order valence-corrected chi connectivity index (χ2v) is 4.61. The summed E-state index contributed by atoms with van der Waals surface area (Å²) in [6.07, 6.45) is 0. The number of imidazole rings is 1. The Balaban J connectivity index is 2.78. The van der Waals surface area contributed by atoms with Gasteiger partial charge in [-0.25, -0.2) is 4.79 Å². The zero-order chi connectivity index (χ0) is 15.0. The van der Waals surface area contributed by atoms with Gasteiger partial charge in [-0.05, 0) is 19.1 Å².